The molecule has 0 aromatic carbocycles. The van der Waals surface area contributed by atoms with Crippen LogP contribution >= 0.6 is 0 Å². The monoisotopic (exact) mass is 260 g/mol. The van der Waals surface area contributed by atoms with Gasteiger partial charge in [0.25, 0.3) is 0 Å². The first-order valence-corrected chi connectivity index (χ1v) is 6.72. The molecule has 1 aliphatic rings. The van der Waals surface area contributed by atoms with E-state index < -0.39 is 10.0 Å². The van der Waals surface area contributed by atoms with Crippen LogP contribution in [0.2, 0.25) is 0 Å². The summed E-state index contributed by atoms with van der Waals surface area (Å²) in [6.45, 7) is 2.35. The zero-order valence-electron chi connectivity index (χ0n) is 9.79. The molecule has 0 aliphatic carbocycles. The molecule has 8 heteroatoms. The average molecular weight is 260 g/mol. The Morgan fingerprint density at radius 3 is 2.53 bits per heavy atom. The van der Waals surface area contributed by atoms with Crippen molar-refractivity contribution in [2.24, 2.45) is 13.0 Å². The maximum atomic E-state index is 12.2. The number of sulfonamides is 1. The zero-order valence-corrected chi connectivity index (χ0v) is 10.6. The van der Waals surface area contributed by atoms with Crippen LogP contribution in [-0.4, -0.2) is 47.3 Å². The predicted octanol–water partition coefficient (Wildman–Crippen LogP) is -1.08. The fourth-order valence-electron chi connectivity index (χ4n) is 1.90. The summed E-state index contributed by atoms with van der Waals surface area (Å²) in [6.07, 6.45) is 0. The first-order valence-electron chi connectivity index (χ1n) is 5.28. The number of nitrogens with zero attached hydrogens (tertiary/aromatic N) is 3. The van der Waals surface area contributed by atoms with E-state index in [-0.39, 0.29) is 23.2 Å². The van der Waals surface area contributed by atoms with E-state index in [1.165, 1.54) is 8.99 Å². The molecule has 0 spiro atoms. The highest BCUT2D eigenvalue weighted by Gasteiger charge is 2.39. The number of aryl methyl sites for hydroxylation is 1. The van der Waals surface area contributed by atoms with Crippen molar-refractivity contribution in [3.63, 3.8) is 0 Å². The first kappa shape index (κ1) is 12.3. The minimum Gasteiger partial charge on any atom is -0.396 e. The van der Waals surface area contributed by atoms with Crippen molar-refractivity contribution < 1.29 is 13.5 Å². The molecule has 1 aromatic heterocycles. The molecule has 0 saturated carbocycles. The Balaban J connectivity index is 2.33. The van der Waals surface area contributed by atoms with Crippen LogP contribution in [0.1, 0.15) is 5.69 Å². The summed E-state index contributed by atoms with van der Waals surface area (Å²) in [6, 6.07) is 0. The topological polar surface area (TPSA) is 101 Å². The summed E-state index contributed by atoms with van der Waals surface area (Å²) in [5, 5.41) is 12.8. The lowest BCUT2D eigenvalue weighted by Gasteiger charge is -2.36. The Kier molecular flexibility index (Phi) is 2.88. The maximum absolute atomic E-state index is 12.2. The molecule has 0 atom stereocenters. The largest absolute Gasteiger partial charge is 0.396 e. The lowest BCUT2D eigenvalue weighted by molar-refractivity contribution is 0.117. The molecule has 1 aromatic rings. The van der Waals surface area contributed by atoms with E-state index in [9.17, 15) is 8.42 Å². The molecule has 1 saturated heterocycles. The number of nitrogen functional groups attached to an aromatic ring is 1. The van der Waals surface area contributed by atoms with Gasteiger partial charge in [-0.1, -0.05) is 0 Å². The van der Waals surface area contributed by atoms with Crippen LogP contribution in [0.5, 0.6) is 0 Å². The van der Waals surface area contributed by atoms with Gasteiger partial charge < -0.3 is 10.8 Å². The third-order valence-electron chi connectivity index (χ3n) is 3.08. The van der Waals surface area contributed by atoms with Gasteiger partial charge >= 0.3 is 0 Å². The summed E-state index contributed by atoms with van der Waals surface area (Å²) < 4.78 is 27.2. The smallest absolute Gasteiger partial charge is 0.248 e. The summed E-state index contributed by atoms with van der Waals surface area (Å²) in [4.78, 5) is 0.0800. The molecule has 0 unspecified atom stereocenters. The minimum absolute atomic E-state index is 0.00746. The molecule has 0 amide bonds. The van der Waals surface area contributed by atoms with E-state index in [1.54, 1.807) is 14.0 Å². The second-order valence-corrected chi connectivity index (χ2v) is 6.17. The van der Waals surface area contributed by atoms with Crippen LogP contribution in [0, 0.1) is 12.8 Å². The summed E-state index contributed by atoms with van der Waals surface area (Å²) >= 11 is 0. The van der Waals surface area contributed by atoms with Gasteiger partial charge in [-0.15, -0.1) is 0 Å². The number of hydrogen-bond acceptors (Lipinski definition) is 5. The SMILES string of the molecule is Cc1c(S(=O)(=O)N2CC(CO)C2)c(N)nn1C. The Bertz CT molecular complexity index is 531. The van der Waals surface area contributed by atoms with Crippen molar-refractivity contribution in [3.8, 4) is 0 Å². The standard InChI is InChI=1S/C9H16N4O3S/c1-6-8(9(10)11-12(6)2)17(15,16)13-3-7(4-13)5-14/h7,14H,3-5H2,1-2H3,(H2,10,11). The fraction of sp³-hybridized carbons (Fsp3) is 0.667. The lowest BCUT2D eigenvalue weighted by atomic mass is 10.1. The van der Waals surface area contributed by atoms with Crippen molar-refractivity contribution in [2.75, 3.05) is 25.4 Å². The Hall–Kier alpha value is -1.12. The van der Waals surface area contributed by atoms with Gasteiger partial charge in [0.15, 0.2) is 5.82 Å². The number of nitrogens with two attached hydrogens (primary N) is 1. The molecule has 96 valence electrons. The molecular formula is C9H16N4O3S. The molecule has 3 N–H and O–H groups in total. The van der Waals surface area contributed by atoms with Crippen molar-refractivity contribution in [3.05, 3.63) is 5.69 Å². The average Bonchev–Trinajstić information content (AvgIpc) is 2.38. The van der Waals surface area contributed by atoms with Crippen molar-refractivity contribution in [1.82, 2.24) is 14.1 Å². The van der Waals surface area contributed by atoms with Crippen LogP contribution in [0.25, 0.3) is 0 Å². The second-order valence-electron chi connectivity index (χ2n) is 4.29. The number of hydrogen-bond donors (Lipinski definition) is 2. The highest BCUT2D eigenvalue weighted by Crippen LogP contribution is 2.29. The molecule has 17 heavy (non-hydrogen) atoms. The van der Waals surface area contributed by atoms with E-state index in [2.05, 4.69) is 5.10 Å². The Labute approximate surface area is 99.9 Å². The van der Waals surface area contributed by atoms with E-state index in [1.807, 2.05) is 0 Å². The van der Waals surface area contributed by atoms with E-state index >= 15 is 0 Å². The number of rotatable bonds is 3. The highest BCUT2D eigenvalue weighted by atomic mass is 32.2. The minimum atomic E-state index is -3.57. The molecule has 2 heterocycles. The first-order chi connectivity index (χ1) is 7.87. The molecule has 7 nitrogen and oxygen atoms in total. The van der Waals surface area contributed by atoms with E-state index in [0.717, 1.165) is 0 Å². The summed E-state index contributed by atoms with van der Waals surface area (Å²) in [7, 11) is -1.92. The molecular weight excluding hydrogens is 244 g/mol. The third-order valence-corrected chi connectivity index (χ3v) is 5.08. The maximum Gasteiger partial charge on any atom is 0.248 e. The van der Waals surface area contributed by atoms with Gasteiger partial charge in [0.1, 0.15) is 4.90 Å². The third kappa shape index (κ3) is 1.81. The summed E-state index contributed by atoms with van der Waals surface area (Å²) in [5.74, 6) is 0.0559. The fourth-order valence-corrected chi connectivity index (χ4v) is 3.78. The highest BCUT2D eigenvalue weighted by molar-refractivity contribution is 7.89. The molecule has 0 bridgehead atoms. The predicted molar refractivity (Wildman–Crippen MR) is 61.7 cm³/mol. The van der Waals surface area contributed by atoms with Crippen molar-refractivity contribution in [2.45, 2.75) is 11.8 Å². The summed E-state index contributed by atoms with van der Waals surface area (Å²) in [5.41, 5.74) is 6.15. The van der Waals surface area contributed by atoms with Crippen LogP contribution in [-0.2, 0) is 17.1 Å². The van der Waals surface area contributed by atoms with Gasteiger partial charge in [-0.25, -0.2) is 8.42 Å². The number of aromatic nitrogens is 2. The molecule has 2 rings (SSSR count). The second kappa shape index (κ2) is 3.97. The Morgan fingerprint density at radius 1 is 1.53 bits per heavy atom. The van der Waals surface area contributed by atoms with Gasteiger partial charge in [0.05, 0.1) is 5.69 Å². The van der Waals surface area contributed by atoms with E-state index in [4.69, 9.17) is 10.8 Å². The van der Waals surface area contributed by atoms with Crippen LogP contribution in [0.3, 0.4) is 0 Å². The molecule has 1 aliphatic heterocycles. The number of anilines is 1. The van der Waals surface area contributed by atoms with Crippen LogP contribution in [0.4, 0.5) is 5.82 Å². The van der Waals surface area contributed by atoms with Crippen molar-refractivity contribution >= 4 is 15.8 Å². The van der Waals surface area contributed by atoms with Gasteiger partial charge in [0, 0.05) is 32.7 Å². The van der Waals surface area contributed by atoms with Gasteiger partial charge in [-0.2, -0.15) is 9.40 Å². The van der Waals surface area contributed by atoms with E-state index in [0.29, 0.717) is 18.8 Å². The zero-order chi connectivity index (χ0) is 12.8. The number of aliphatic hydroxyl groups is 1. The van der Waals surface area contributed by atoms with Gasteiger partial charge in [0.2, 0.25) is 10.0 Å². The molecule has 1 fully saturated rings. The van der Waals surface area contributed by atoms with Gasteiger partial charge in [-0.05, 0) is 6.92 Å². The molecule has 0 radical (unpaired) electrons. The van der Waals surface area contributed by atoms with Gasteiger partial charge in [-0.3, -0.25) is 4.68 Å². The normalized spacial score (nSPS) is 18.3. The quantitative estimate of drug-likeness (QED) is 0.720. The van der Waals surface area contributed by atoms with Crippen molar-refractivity contribution in [1.29, 1.82) is 0 Å². The van der Waals surface area contributed by atoms with Crippen LogP contribution < -0.4 is 5.73 Å². The Morgan fingerprint density at radius 2 is 2.12 bits per heavy atom. The number of aliphatic hydroxyl groups excluding tert-OH is 1. The lowest BCUT2D eigenvalue weighted by Crippen LogP contribution is -2.51. The van der Waals surface area contributed by atoms with Crippen LogP contribution in [0.15, 0.2) is 4.90 Å².